The molecule has 0 unspecified atom stereocenters. The Hall–Kier alpha value is -2.19. The summed E-state index contributed by atoms with van der Waals surface area (Å²) in [4.78, 5) is 5.64. The number of hydrogen-bond donors (Lipinski definition) is 2. The molecule has 0 fully saturated rings. The number of halogens is 2. The zero-order valence-electron chi connectivity index (χ0n) is 16.8. The van der Waals surface area contributed by atoms with E-state index in [0.29, 0.717) is 16.5 Å². The number of nitrogens with zero attached hydrogens (tertiary/aromatic N) is 2. The molecule has 0 atom stereocenters. The van der Waals surface area contributed by atoms with Gasteiger partial charge in [0.1, 0.15) is 17.3 Å². The topological polar surface area (TPSA) is 58.8 Å². The van der Waals surface area contributed by atoms with Crippen LogP contribution in [0, 0.1) is 5.82 Å². The predicted octanol–water partition coefficient (Wildman–Crippen LogP) is 4.61. The standard InChI is InChI=1S/C22H25ClFN3O2S/c1-29-21-14-17(23)6-9-19(21)26-22-27(12-2-10-25-11-3-13-28)20(15-30-22)16-4-7-18(24)8-5-16/h4-9,14-15,25,28H,2-3,10-13H2,1H3/b26-22+. The molecule has 0 bridgehead atoms. The van der Waals surface area contributed by atoms with E-state index in [4.69, 9.17) is 26.4 Å². The highest BCUT2D eigenvalue weighted by Gasteiger charge is 2.10. The second kappa shape index (κ2) is 11.3. The second-order valence-corrected chi connectivity index (χ2v) is 7.94. The lowest BCUT2D eigenvalue weighted by Gasteiger charge is -2.10. The summed E-state index contributed by atoms with van der Waals surface area (Å²) in [6, 6.07) is 11.8. The van der Waals surface area contributed by atoms with Crippen LogP contribution in [0.4, 0.5) is 10.1 Å². The first kappa shape index (κ1) is 22.5. The number of hydrogen-bond acceptors (Lipinski definition) is 5. The van der Waals surface area contributed by atoms with Crippen LogP contribution in [0.5, 0.6) is 5.75 Å². The van der Waals surface area contributed by atoms with Crippen molar-refractivity contribution >= 4 is 28.6 Å². The number of ether oxygens (including phenoxy) is 1. The number of benzene rings is 2. The van der Waals surface area contributed by atoms with Crippen LogP contribution >= 0.6 is 22.9 Å². The fourth-order valence-corrected chi connectivity index (χ4v) is 4.13. The Morgan fingerprint density at radius 3 is 2.67 bits per heavy atom. The Kier molecular flexibility index (Phi) is 8.45. The number of nitrogens with one attached hydrogen (secondary N) is 1. The average Bonchev–Trinajstić information content (AvgIpc) is 3.14. The van der Waals surface area contributed by atoms with Crippen LogP contribution < -0.4 is 14.9 Å². The Bertz CT molecular complexity index is 1020. The van der Waals surface area contributed by atoms with E-state index in [9.17, 15) is 4.39 Å². The number of rotatable bonds is 10. The molecule has 1 heterocycles. The average molecular weight is 450 g/mol. The SMILES string of the molecule is COc1cc(Cl)ccc1/N=c1/scc(-c2ccc(F)cc2)n1CCCNCCCO. The summed E-state index contributed by atoms with van der Waals surface area (Å²) in [6.07, 6.45) is 1.63. The van der Waals surface area contributed by atoms with Crippen molar-refractivity contribution in [3.63, 3.8) is 0 Å². The van der Waals surface area contributed by atoms with Crippen molar-refractivity contribution in [3.05, 3.63) is 63.5 Å². The van der Waals surface area contributed by atoms with Gasteiger partial charge in [0.2, 0.25) is 0 Å². The molecule has 0 saturated heterocycles. The van der Waals surface area contributed by atoms with Crippen molar-refractivity contribution in [2.45, 2.75) is 19.4 Å². The lowest BCUT2D eigenvalue weighted by atomic mass is 10.1. The highest BCUT2D eigenvalue weighted by molar-refractivity contribution is 7.07. The van der Waals surface area contributed by atoms with E-state index in [1.165, 1.54) is 23.5 Å². The third-order valence-electron chi connectivity index (χ3n) is 4.54. The number of aromatic nitrogens is 1. The van der Waals surface area contributed by atoms with Crippen molar-refractivity contribution in [1.29, 1.82) is 0 Å². The maximum atomic E-state index is 13.4. The molecule has 8 heteroatoms. The van der Waals surface area contributed by atoms with E-state index in [-0.39, 0.29) is 12.4 Å². The Balaban J connectivity index is 1.93. The maximum Gasteiger partial charge on any atom is 0.190 e. The summed E-state index contributed by atoms with van der Waals surface area (Å²) in [6.45, 7) is 2.55. The van der Waals surface area contributed by atoms with Crippen molar-refractivity contribution in [2.24, 2.45) is 4.99 Å². The lowest BCUT2D eigenvalue weighted by molar-refractivity contribution is 0.286. The summed E-state index contributed by atoms with van der Waals surface area (Å²) < 4.78 is 21.0. The molecule has 0 aliphatic carbocycles. The van der Waals surface area contributed by atoms with E-state index in [1.807, 2.05) is 11.4 Å². The van der Waals surface area contributed by atoms with Crippen LogP contribution in [0.3, 0.4) is 0 Å². The first-order valence-electron chi connectivity index (χ1n) is 9.76. The number of thiazole rings is 1. The Morgan fingerprint density at radius 1 is 1.17 bits per heavy atom. The zero-order valence-corrected chi connectivity index (χ0v) is 18.3. The molecule has 3 rings (SSSR count). The van der Waals surface area contributed by atoms with Gasteiger partial charge in [-0.1, -0.05) is 11.6 Å². The van der Waals surface area contributed by atoms with E-state index in [0.717, 1.165) is 48.5 Å². The molecular weight excluding hydrogens is 425 g/mol. The summed E-state index contributed by atoms with van der Waals surface area (Å²) in [5.41, 5.74) is 2.62. The van der Waals surface area contributed by atoms with Crippen LogP contribution in [0.15, 0.2) is 52.8 Å². The van der Waals surface area contributed by atoms with Crippen molar-refractivity contribution in [3.8, 4) is 17.0 Å². The Labute approximate surface area is 184 Å². The Morgan fingerprint density at radius 2 is 1.93 bits per heavy atom. The monoisotopic (exact) mass is 449 g/mol. The van der Waals surface area contributed by atoms with Gasteiger partial charge in [0.25, 0.3) is 0 Å². The van der Waals surface area contributed by atoms with Gasteiger partial charge in [-0.05, 0) is 67.9 Å². The number of aliphatic hydroxyl groups is 1. The predicted molar refractivity (Wildman–Crippen MR) is 120 cm³/mol. The van der Waals surface area contributed by atoms with Crippen LogP contribution in [0.1, 0.15) is 12.8 Å². The van der Waals surface area contributed by atoms with Gasteiger partial charge in [0.05, 0.1) is 12.8 Å². The van der Waals surface area contributed by atoms with E-state index >= 15 is 0 Å². The summed E-state index contributed by atoms with van der Waals surface area (Å²) >= 11 is 7.60. The first-order chi connectivity index (χ1) is 14.6. The molecule has 2 N–H and O–H groups in total. The van der Waals surface area contributed by atoms with Gasteiger partial charge in [-0.3, -0.25) is 0 Å². The fraction of sp³-hybridized carbons (Fsp3) is 0.318. The van der Waals surface area contributed by atoms with Crippen molar-refractivity contribution in [1.82, 2.24) is 9.88 Å². The van der Waals surface area contributed by atoms with Crippen LogP contribution in [0.2, 0.25) is 5.02 Å². The molecule has 0 amide bonds. The first-order valence-corrected chi connectivity index (χ1v) is 11.0. The molecule has 3 aromatic rings. The normalized spacial score (nSPS) is 11.8. The number of methoxy groups -OCH3 is 1. The van der Waals surface area contributed by atoms with E-state index < -0.39 is 0 Å². The molecule has 0 aliphatic rings. The maximum absolute atomic E-state index is 13.4. The zero-order chi connectivity index (χ0) is 21.3. The molecule has 0 radical (unpaired) electrons. The van der Waals surface area contributed by atoms with Crippen molar-refractivity contribution < 1.29 is 14.2 Å². The lowest BCUT2D eigenvalue weighted by Crippen LogP contribution is -2.22. The van der Waals surface area contributed by atoms with Crippen LogP contribution in [-0.4, -0.2) is 36.5 Å². The molecule has 0 aliphatic heterocycles. The van der Waals surface area contributed by atoms with Gasteiger partial charge >= 0.3 is 0 Å². The van der Waals surface area contributed by atoms with Crippen LogP contribution in [-0.2, 0) is 6.54 Å². The van der Waals surface area contributed by atoms with E-state index in [2.05, 4.69) is 9.88 Å². The molecule has 2 aromatic carbocycles. The van der Waals surface area contributed by atoms with Crippen LogP contribution in [0.25, 0.3) is 11.3 Å². The van der Waals surface area contributed by atoms with Gasteiger partial charge in [-0.2, -0.15) is 0 Å². The smallest absolute Gasteiger partial charge is 0.190 e. The van der Waals surface area contributed by atoms with Gasteiger partial charge in [0.15, 0.2) is 4.80 Å². The molecule has 0 spiro atoms. The minimum absolute atomic E-state index is 0.187. The number of aliphatic hydroxyl groups excluding tert-OH is 1. The highest BCUT2D eigenvalue weighted by atomic mass is 35.5. The van der Waals surface area contributed by atoms with Gasteiger partial charge in [-0.15, -0.1) is 11.3 Å². The molecule has 0 saturated carbocycles. The summed E-state index contributed by atoms with van der Waals surface area (Å²) in [5, 5.41) is 14.8. The summed E-state index contributed by atoms with van der Waals surface area (Å²) in [5.74, 6) is 0.348. The molecule has 160 valence electrons. The van der Waals surface area contributed by atoms with Gasteiger partial charge < -0.3 is 19.7 Å². The molecule has 30 heavy (non-hydrogen) atoms. The minimum Gasteiger partial charge on any atom is -0.494 e. The van der Waals surface area contributed by atoms with Gasteiger partial charge in [0, 0.05) is 29.6 Å². The third-order valence-corrected chi connectivity index (χ3v) is 5.64. The fourth-order valence-electron chi connectivity index (χ4n) is 3.02. The largest absolute Gasteiger partial charge is 0.494 e. The van der Waals surface area contributed by atoms with Crippen molar-refractivity contribution in [2.75, 3.05) is 26.8 Å². The quantitative estimate of drug-likeness (QED) is 0.444. The van der Waals surface area contributed by atoms with Gasteiger partial charge in [-0.25, -0.2) is 9.38 Å². The minimum atomic E-state index is -0.260. The highest BCUT2D eigenvalue weighted by Crippen LogP contribution is 2.30. The van der Waals surface area contributed by atoms with E-state index in [1.54, 1.807) is 31.4 Å². The molecule has 1 aromatic heterocycles. The molecule has 5 nitrogen and oxygen atoms in total. The molecular formula is C22H25ClFN3O2S. The second-order valence-electron chi connectivity index (χ2n) is 6.67. The third kappa shape index (κ3) is 5.92. The summed E-state index contributed by atoms with van der Waals surface area (Å²) in [7, 11) is 1.59.